The summed E-state index contributed by atoms with van der Waals surface area (Å²) in [6.45, 7) is 4.29. The quantitative estimate of drug-likeness (QED) is 0.707. The largest absolute Gasteiger partial charge is 0.424 e. The molecule has 13 heavy (non-hydrogen) atoms. The molecule has 68 valence electrons. The zero-order valence-electron chi connectivity index (χ0n) is 7.66. The lowest BCUT2D eigenvalue weighted by molar-refractivity contribution is 0.480. The van der Waals surface area contributed by atoms with Crippen molar-refractivity contribution in [3.8, 4) is 6.07 Å². The van der Waals surface area contributed by atoms with E-state index >= 15 is 0 Å². The zero-order chi connectivity index (χ0) is 9.64. The fourth-order valence-electron chi connectivity index (χ4n) is 1.47. The fourth-order valence-corrected chi connectivity index (χ4v) is 1.47. The van der Waals surface area contributed by atoms with Crippen molar-refractivity contribution in [1.29, 1.82) is 5.26 Å². The second kappa shape index (κ2) is 2.25. The van der Waals surface area contributed by atoms with Crippen molar-refractivity contribution < 1.29 is 4.42 Å². The molecule has 0 bridgehead atoms. The van der Waals surface area contributed by atoms with Gasteiger partial charge in [-0.25, -0.2) is 4.98 Å². The number of oxazole rings is 1. The molecule has 4 heteroatoms. The summed E-state index contributed by atoms with van der Waals surface area (Å²) in [5, 5.41) is 8.61. The van der Waals surface area contributed by atoms with Gasteiger partial charge in [0.25, 0.3) is 0 Å². The van der Waals surface area contributed by atoms with Crippen molar-refractivity contribution in [3.05, 3.63) is 11.6 Å². The van der Waals surface area contributed by atoms with Crippen LogP contribution in [-0.2, 0) is 0 Å². The van der Waals surface area contributed by atoms with Gasteiger partial charge in [-0.1, -0.05) is 13.8 Å². The Morgan fingerprint density at radius 3 is 2.69 bits per heavy atom. The average Bonchev–Trinajstić information content (AvgIpc) is 2.55. The van der Waals surface area contributed by atoms with Gasteiger partial charge >= 0.3 is 0 Å². The van der Waals surface area contributed by atoms with E-state index in [9.17, 15) is 0 Å². The molecule has 1 fully saturated rings. The summed E-state index contributed by atoms with van der Waals surface area (Å²) in [4.78, 5) is 4.03. The van der Waals surface area contributed by atoms with Crippen molar-refractivity contribution in [2.24, 2.45) is 5.41 Å². The average molecular weight is 177 g/mol. The minimum atomic E-state index is 0.139. The minimum absolute atomic E-state index is 0.139. The van der Waals surface area contributed by atoms with Crippen LogP contribution in [0.1, 0.15) is 37.8 Å². The Morgan fingerprint density at radius 1 is 1.69 bits per heavy atom. The first-order chi connectivity index (χ1) is 6.04. The zero-order valence-corrected chi connectivity index (χ0v) is 7.66. The molecule has 1 heterocycles. The Hall–Kier alpha value is -1.50. The first kappa shape index (κ1) is 8.11. The number of anilines is 1. The van der Waals surface area contributed by atoms with Crippen LogP contribution in [0.15, 0.2) is 4.42 Å². The highest BCUT2D eigenvalue weighted by Gasteiger charge is 2.50. The maximum atomic E-state index is 8.61. The summed E-state index contributed by atoms with van der Waals surface area (Å²) in [6.07, 6.45) is 1.05. The van der Waals surface area contributed by atoms with Gasteiger partial charge < -0.3 is 10.2 Å². The molecule has 4 nitrogen and oxygen atoms in total. The van der Waals surface area contributed by atoms with E-state index < -0.39 is 0 Å². The third-order valence-electron chi connectivity index (χ3n) is 2.59. The highest BCUT2D eigenvalue weighted by atomic mass is 16.4. The molecule has 1 aliphatic rings. The number of nitrogen functional groups attached to an aromatic ring is 1. The third-order valence-corrected chi connectivity index (χ3v) is 2.59. The number of hydrogen-bond donors (Lipinski definition) is 1. The molecule has 2 rings (SSSR count). The van der Waals surface area contributed by atoms with Crippen LogP contribution in [0.4, 0.5) is 5.88 Å². The first-order valence-electron chi connectivity index (χ1n) is 4.21. The Bertz CT molecular complexity index is 386. The first-order valence-corrected chi connectivity index (χ1v) is 4.21. The monoisotopic (exact) mass is 177 g/mol. The molecular weight excluding hydrogens is 166 g/mol. The van der Waals surface area contributed by atoms with E-state index in [2.05, 4.69) is 18.8 Å². The molecular formula is C9H11N3O. The molecule has 0 spiro atoms. The lowest BCUT2D eigenvalue weighted by Crippen LogP contribution is -1.89. The number of nitrogens with two attached hydrogens (primary N) is 1. The molecule has 1 unspecified atom stereocenters. The standard InChI is InChI=1S/C9H11N3O/c1-9(2)3-5(9)8-12-6(4-10)7(11)13-8/h5H,3,11H2,1-2H3. The van der Waals surface area contributed by atoms with Crippen LogP contribution in [0.3, 0.4) is 0 Å². The van der Waals surface area contributed by atoms with Crippen LogP contribution in [-0.4, -0.2) is 4.98 Å². The summed E-state index contributed by atoms with van der Waals surface area (Å²) < 4.78 is 5.21. The number of aromatic nitrogens is 1. The van der Waals surface area contributed by atoms with Crippen molar-refractivity contribution in [3.63, 3.8) is 0 Å². The lowest BCUT2D eigenvalue weighted by Gasteiger charge is -1.96. The summed E-state index contributed by atoms with van der Waals surface area (Å²) in [6, 6.07) is 1.90. The molecule has 1 aromatic rings. The molecule has 0 radical (unpaired) electrons. The normalized spacial score (nSPS) is 23.9. The second-order valence-electron chi connectivity index (χ2n) is 4.12. The number of nitrogens with zero attached hydrogens (tertiary/aromatic N) is 2. The molecule has 1 atom stereocenters. The fraction of sp³-hybridized carbons (Fsp3) is 0.556. The van der Waals surface area contributed by atoms with E-state index in [1.165, 1.54) is 0 Å². The van der Waals surface area contributed by atoms with Gasteiger partial charge in [0.2, 0.25) is 17.5 Å². The Morgan fingerprint density at radius 2 is 2.31 bits per heavy atom. The summed E-state index contributed by atoms with van der Waals surface area (Å²) in [5.41, 5.74) is 5.91. The van der Waals surface area contributed by atoms with E-state index in [-0.39, 0.29) is 17.0 Å². The lowest BCUT2D eigenvalue weighted by atomic mass is 10.1. The van der Waals surface area contributed by atoms with Crippen LogP contribution in [0, 0.1) is 16.7 Å². The maximum absolute atomic E-state index is 8.61. The van der Waals surface area contributed by atoms with Crippen LogP contribution in [0.2, 0.25) is 0 Å². The van der Waals surface area contributed by atoms with Gasteiger partial charge in [0.15, 0.2) is 0 Å². The maximum Gasteiger partial charge on any atom is 0.229 e. The van der Waals surface area contributed by atoms with Crippen LogP contribution in [0.5, 0.6) is 0 Å². The van der Waals surface area contributed by atoms with Gasteiger partial charge in [0, 0.05) is 5.92 Å². The van der Waals surface area contributed by atoms with Crippen molar-refractivity contribution in [2.45, 2.75) is 26.2 Å². The SMILES string of the molecule is CC1(C)CC1c1nc(C#N)c(N)o1. The van der Waals surface area contributed by atoms with E-state index in [0.717, 1.165) is 6.42 Å². The third kappa shape index (κ3) is 1.17. The summed E-state index contributed by atoms with van der Waals surface area (Å²) in [7, 11) is 0. The molecule has 2 N–H and O–H groups in total. The minimum Gasteiger partial charge on any atom is -0.424 e. The molecule has 1 saturated carbocycles. The molecule has 0 amide bonds. The summed E-state index contributed by atoms with van der Waals surface area (Å²) in [5.74, 6) is 1.08. The van der Waals surface area contributed by atoms with Gasteiger partial charge in [-0.2, -0.15) is 5.26 Å². The Labute approximate surface area is 76.4 Å². The second-order valence-corrected chi connectivity index (χ2v) is 4.12. The van der Waals surface area contributed by atoms with Crippen molar-refractivity contribution in [1.82, 2.24) is 4.98 Å². The highest BCUT2D eigenvalue weighted by Crippen LogP contribution is 2.58. The van der Waals surface area contributed by atoms with E-state index in [0.29, 0.717) is 11.8 Å². The van der Waals surface area contributed by atoms with Crippen LogP contribution >= 0.6 is 0 Å². The predicted molar refractivity (Wildman–Crippen MR) is 46.8 cm³/mol. The summed E-state index contributed by atoms with van der Waals surface area (Å²) >= 11 is 0. The predicted octanol–water partition coefficient (Wildman–Crippen LogP) is 1.64. The number of rotatable bonds is 1. The van der Waals surface area contributed by atoms with Crippen LogP contribution < -0.4 is 5.73 Å². The van der Waals surface area contributed by atoms with Crippen molar-refractivity contribution >= 4 is 5.88 Å². The smallest absolute Gasteiger partial charge is 0.229 e. The number of nitriles is 1. The highest BCUT2D eigenvalue weighted by molar-refractivity contribution is 5.41. The Kier molecular flexibility index (Phi) is 1.41. The van der Waals surface area contributed by atoms with Gasteiger partial charge in [-0.15, -0.1) is 0 Å². The molecule has 0 saturated heterocycles. The van der Waals surface area contributed by atoms with Gasteiger partial charge in [0.05, 0.1) is 0 Å². The molecule has 0 aliphatic heterocycles. The van der Waals surface area contributed by atoms with Gasteiger partial charge in [0.1, 0.15) is 6.07 Å². The topological polar surface area (TPSA) is 75.8 Å². The van der Waals surface area contributed by atoms with Crippen LogP contribution in [0.25, 0.3) is 0 Å². The molecule has 0 aromatic carbocycles. The molecule has 1 aromatic heterocycles. The van der Waals surface area contributed by atoms with Gasteiger partial charge in [-0.05, 0) is 11.8 Å². The van der Waals surface area contributed by atoms with Crippen molar-refractivity contribution in [2.75, 3.05) is 5.73 Å². The Balaban J connectivity index is 2.30. The van der Waals surface area contributed by atoms with E-state index in [1.54, 1.807) is 0 Å². The van der Waals surface area contributed by atoms with E-state index in [1.807, 2.05) is 6.07 Å². The van der Waals surface area contributed by atoms with Gasteiger partial charge in [-0.3, -0.25) is 0 Å². The van der Waals surface area contributed by atoms with E-state index in [4.69, 9.17) is 15.4 Å². The number of hydrogen-bond acceptors (Lipinski definition) is 4. The molecule has 1 aliphatic carbocycles.